The van der Waals surface area contributed by atoms with Crippen molar-refractivity contribution in [2.75, 3.05) is 0 Å². The van der Waals surface area contributed by atoms with Crippen molar-refractivity contribution in [2.24, 2.45) is 7.05 Å². The Hall–Kier alpha value is -1.81. The zero-order valence-corrected chi connectivity index (χ0v) is 15.9. The molecule has 130 valence electrons. The van der Waals surface area contributed by atoms with Gasteiger partial charge in [0.1, 0.15) is 0 Å². The van der Waals surface area contributed by atoms with Crippen LogP contribution in [0.15, 0.2) is 24.3 Å². The summed E-state index contributed by atoms with van der Waals surface area (Å²) in [5.74, 6) is -0.0533. The van der Waals surface area contributed by atoms with Crippen molar-refractivity contribution in [1.29, 1.82) is 0 Å². The molecular formula is C19H26ClN3O. The van der Waals surface area contributed by atoms with Gasteiger partial charge in [0.05, 0.1) is 22.8 Å². The second-order valence-electron chi connectivity index (χ2n) is 7.08. The van der Waals surface area contributed by atoms with Crippen LogP contribution < -0.4 is 5.32 Å². The summed E-state index contributed by atoms with van der Waals surface area (Å²) >= 11 is 6.29. The molecule has 0 aliphatic carbocycles. The Morgan fingerprint density at radius 1 is 1.25 bits per heavy atom. The van der Waals surface area contributed by atoms with E-state index in [1.54, 1.807) is 4.68 Å². The third kappa shape index (κ3) is 4.38. The monoisotopic (exact) mass is 347 g/mol. The normalized spacial score (nSPS) is 11.6. The van der Waals surface area contributed by atoms with Crippen molar-refractivity contribution in [1.82, 2.24) is 15.1 Å². The highest BCUT2D eigenvalue weighted by Crippen LogP contribution is 2.22. The molecule has 24 heavy (non-hydrogen) atoms. The lowest BCUT2D eigenvalue weighted by Crippen LogP contribution is -2.25. The summed E-state index contributed by atoms with van der Waals surface area (Å²) in [6, 6.07) is 8.36. The number of nitrogens with one attached hydrogen (secondary N) is 1. The predicted octanol–water partition coefficient (Wildman–Crippen LogP) is 3.79. The van der Waals surface area contributed by atoms with E-state index in [4.69, 9.17) is 11.6 Å². The maximum absolute atomic E-state index is 12.2. The van der Waals surface area contributed by atoms with E-state index < -0.39 is 0 Å². The molecule has 0 saturated heterocycles. The van der Waals surface area contributed by atoms with Crippen LogP contribution in [0.1, 0.15) is 50.2 Å². The summed E-state index contributed by atoms with van der Waals surface area (Å²) in [7, 11) is 1.82. The molecule has 0 bridgehead atoms. The molecule has 0 fully saturated rings. The number of hydrogen-bond donors (Lipinski definition) is 1. The molecule has 2 rings (SSSR count). The van der Waals surface area contributed by atoms with Crippen LogP contribution in [-0.4, -0.2) is 15.7 Å². The molecule has 0 aliphatic heterocycles. The molecular weight excluding hydrogens is 322 g/mol. The summed E-state index contributed by atoms with van der Waals surface area (Å²) in [5.41, 5.74) is 4.09. The van der Waals surface area contributed by atoms with E-state index in [0.29, 0.717) is 11.6 Å². The lowest BCUT2D eigenvalue weighted by Gasteiger charge is -2.19. The van der Waals surface area contributed by atoms with Crippen LogP contribution in [0, 0.1) is 0 Å². The fourth-order valence-corrected chi connectivity index (χ4v) is 2.91. The van der Waals surface area contributed by atoms with Gasteiger partial charge in [0.15, 0.2) is 0 Å². The molecule has 1 aromatic heterocycles. The second-order valence-corrected chi connectivity index (χ2v) is 7.46. The molecule has 5 heteroatoms. The van der Waals surface area contributed by atoms with Gasteiger partial charge in [-0.3, -0.25) is 9.48 Å². The third-order valence-electron chi connectivity index (χ3n) is 4.14. The first kappa shape index (κ1) is 18.5. The van der Waals surface area contributed by atoms with Crippen LogP contribution >= 0.6 is 11.6 Å². The van der Waals surface area contributed by atoms with Gasteiger partial charge in [-0.05, 0) is 23.0 Å². The summed E-state index contributed by atoms with van der Waals surface area (Å²) in [5, 5.41) is 7.89. The van der Waals surface area contributed by atoms with E-state index in [1.165, 1.54) is 5.56 Å². The number of halogens is 1. The number of carbonyl (C=O) groups excluding carboxylic acids is 1. The SMILES string of the molecule is CCc1nn(C)c(CC(=O)NCc2ccc(C(C)(C)C)cc2)c1Cl. The largest absolute Gasteiger partial charge is 0.352 e. The van der Waals surface area contributed by atoms with Gasteiger partial charge >= 0.3 is 0 Å². The van der Waals surface area contributed by atoms with Gasteiger partial charge < -0.3 is 5.32 Å². The van der Waals surface area contributed by atoms with E-state index >= 15 is 0 Å². The van der Waals surface area contributed by atoms with E-state index in [1.807, 2.05) is 14.0 Å². The minimum absolute atomic E-state index is 0.0533. The van der Waals surface area contributed by atoms with Crippen LogP contribution in [0.25, 0.3) is 0 Å². The summed E-state index contributed by atoms with van der Waals surface area (Å²) in [6.45, 7) is 9.07. The van der Waals surface area contributed by atoms with Gasteiger partial charge in [-0.25, -0.2) is 0 Å². The summed E-state index contributed by atoms with van der Waals surface area (Å²) in [4.78, 5) is 12.2. The standard InChI is InChI=1S/C19H26ClN3O/c1-6-15-18(20)16(23(5)22-15)11-17(24)21-12-13-7-9-14(10-8-13)19(2,3)4/h7-10H,6,11-12H2,1-5H3,(H,21,24). The number of carbonyl (C=O) groups is 1. The molecule has 1 N–H and O–H groups in total. The van der Waals surface area contributed by atoms with Crippen LogP contribution in [0.3, 0.4) is 0 Å². The predicted molar refractivity (Wildman–Crippen MR) is 98.3 cm³/mol. The Bertz CT molecular complexity index is 711. The summed E-state index contributed by atoms with van der Waals surface area (Å²) in [6.07, 6.45) is 0.997. The number of amides is 1. The first-order chi connectivity index (χ1) is 11.2. The molecule has 0 aliphatic rings. The first-order valence-corrected chi connectivity index (χ1v) is 8.66. The molecule has 1 heterocycles. The van der Waals surface area contributed by atoms with E-state index in [-0.39, 0.29) is 17.7 Å². The van der Waals surface area contributed by atoms with Crippen molar-refractivity contribution < 1.29 is 4.79 Å². The van der Waals surface area contributed by atoms with Gasteiger partial charge in [0, 0.05) is 13.6 Å². The molecule has 1 aromatic carbocycles. The average molecular weight is 348 g/mol. The van der Waals surface area contributed by atoms with E-state index in [9.17, 15) is 4.79 Å². The highest BCUT2D eigenvalue weighted by Gasteiger charge is 2.16. The topological polar surface area (TPSA) is 46.9 Å². The lowest BCUT2D eigenvalue weighted by molar-refractivity contribution is -0.120. The zero-order chi connectivity index (χ0) is 17.9. The number of nitrogens with zero attached hydrogens (tertiary/aromatic N) is 2. The van der Waals surface area contributed by atoms with Crippen LogP contribution in [-0.2, 0) is 36.6 Å². The lowest BCUT2D eigenvalue weighted by atomic mass is 9.87. The third-order valence-corrected chi connectivity index (χ3v) is 4.58. The fourth-order valence-electron chi connectivity index (χ4n) is 2.55. The molecule has 0 radical (unpaired) electrons. The Labute approximate surface area is 149 Å². The highest BCUT2D eigenvalue weighted by atomic mass is 35.5. The number of hydrogen-bond acceptors (Lipinski definition) is 2. The maximum atomic E-state index is 12.2. The minimum Gasteiger partial charge on any atom is -0.352 e. The number of benzene rings is 1. The van der Waals surface area contributed by atoms with Gasteiger partial charge in [-0.15, -0.1) is 0 Å². The molecule has 4 nitrogen and oxygen atoms in total. The molecule has 1 amide bonds. The Morgan fingerprint density at radius 3 is 2.38 bits per heavy atom. The van der Waals surface area contributed by atoms with Crippen molar-refractivity contribution in [3.8, 4) is 0 Å². The molecule has 0 unspecified atom stereocenters. The average Bonchev–Trinajstić information content (AvgIpc) is 2.80. The smallest absolute Gasteiger partial charge is 0.226 e. The first-order valence-electron chi connectivity index (χ1n) is 8.28. The van der Waals surface area contributed by atoms with Crippen LogP contribution in [0.2, 0.25) is 5.02 Å². The number of rotatable bonds is 5. The van der Waals surface area contributed by atoms with Gasteiger partial charge in [0.25, 0.3) is 0 Å². The Kier molecular flexibility index (Phi) is 5.70. The molecule has 0 spiro atoms. The van der Waals surface area contributed by atoms with Crippen molar-refractivity contribution in [3.05, 3.63) is 51.8 Å². The fraction of sp³-hybridized carbons (Fsp3) is 0.474. The minimum atomic E-state index is -0.0533. The molecule has 2 aromatic rings. The zero-order valence-electron chi connectivity index (χ0n) is 15.1. The van der Waals surface area contributed by atoms with Crippen LogP contribution in [0.4, 0.5) is 0 Å². The van der Waals surface area contributed by atoms with Crippen molar-refractivity contribution in [3.63, 3.8) is 0 Å². The van der Waals surface area contributed by atoms with Gasteiger partial charge in [0.2, 0.25) is 5.91 Å². The van der Waals surface area contributed by atoms with Crippen molar-refractivity contribution >= 4 is 17.5 Å². The van der Waals surface area contributed by atoms with Gasteiger partial charge in [-0.2, -0.15) is 5.10 Å². The van der Waals surface area contributed by atoms with Crippen LogP contribution in [0.5, 0.6) is 0 Å². The van der Waals surface area contributed by atoms with E-state index in [0.717, 1.165) is 23.4 Å². The number of aryl methyl sites for hydroxylation is 2. The molecule has 0 atom stereocenters. The van der Waals surface area contributed by atoms with E-state index in [2.05, 4.69) is 55.5 Å². The molecule has 0 saturated carbocycles. The van der Waals surface area contributed by atoms with Crippen molar-refractivity contribution in [2.45, 2.75) is 52.5 Å². The van der Waals surface area contributed by atoms with Gasteiger partial charge in [-0.1, -0.05) is 63.6 Å². The highest BCUT2D eigenvalue weighted by molar-refractivity contribution is 6.32. The number of aromatic nitrogens is 2. The second kappa shape index (κ2) is 7.39. The maximum Gasteiger partial charge on any atom is 0.226 e. The Balaban J connectivity index is 1.95. The summed E-state index contributed by atoms with van der Waals surface area (Å²) < 4.78 is 1.69. The quantitative estimate of drug-likeness (QED) is 0.894. The Morgan fingerprint density at radius 2 is 1.88 bits per heavy atom.